The molecule has 0 spiro atoms. The highest BCUT2D eigenvalue weighted by molar-refractivity contribution is 9.10. The van der Waals surface area contributed by atoms with E-state index in [4.69, 9.17) is 27.9 Å². The molecule has 2 aromatic rings. The SMILES string of the molecule is CC(O)c1ccc(Oc2cccc(Cl)c2Cl)cc1Br. The molecule has 5 heteroatoms. The molecule has 19 heavy (non-hydrogen) atoms. The summed E-state index contributed by atoms with van der Waals surface area (Å²) in [5.74, 6) is 1.10. The van der Waals surface area contributed by atoms with Crippen molar-refractivity contribution in [2.24, 2.45) is 0 Å². The molecule has 0 bridgehead atoms. The third kappa shape index (κ3) is 3.42. The fourth-order valence-electron chi connectivity index (χ4n) is 1.60. The smallest absolute Gasteiger partial charge is 0.147 e. The van der Waals surface area contributed by atoms with Crippen molar-refractivity contribution in [2.45, 2.75) is 13.0 Å². The van der Waals surface area contributed by atoms with Gasteiger partial charge in [-0.25, -0.2) is 0 Å². The van der Waals surface area contributed by atoms with Gasteiger partial charge in [-0.1, -0.05) is 51.3 Å². The maximum absolute atomic E-state index is 9.56. The summed E-state index contributed by atoms with van der Waals surface area (Å²) >= 11 is 15.4. The van der Waals surface area contributed by atoms with Crippen LogP contribution >= 0.6 is 39.1 Å². The number of halogens is 3. The Balaban J connectivity index is 2.29. The molecule has 2 aromatic carbocycles. The van der Waals surface area contributed by atoms with Gasteiger partial charge in [-0.2, -0.15) is 0 Å². The van der Waals surface area contributed by atoms with Crippen LogP contribution in [0.15, 0.2) is 40.9 Å². The normalized spacial score (nSPS) is 12.3. The zero-order chi connectivity index (χ0) is 14.0. The zero-order valence-corrected chi connectivity index (χ0v) is 13.1. The summed E-state index contributed by atoms with van der Waals surface area (Å²) in [6, 6.07) is 10.5. The molecule has 0 heterocycles. The lowest BCUT2D eigenvalue weighted by atomic mass is 10.1. The van der Waals surface area contributed by atoms with E-state index in [9.17, 15) is 5.11 Å². The third-order valence-electron chi connectivity index (χ3n) is 2.57. The molecule has 1 unspecified atom stereocenters. The summed E-state index contributed by atoms with van der Waals surface area (Å²) in [5, 5.41) is 10.4. The van der Waals surface area contributed by atoms with E-state index in [1.165, 1.54) is 0 Å². The van der Waals surface area contributed by atoms with Crippen LogP contribution in [-0.4, -0.2) is 5.11 Å². The van der Waals surface area contributed by atoms with Crippen molar-refractivity contribution >= 4 is 39.1 Å². The first-order valence-corrected chi connectivity index (χ1v) is 7.13. The van der Waals surface area contributed by atoms with E-state index in [0.717, 1.165) is 10.0 Å². The summed E-state index contributed by atoms with van der Waals surface area (Å²) in [5.41, 5.74) is 0.796. The average molecular weight is 362 g/mol. The van der Waals surface area contributed by atoms with Gasteiger partial charge in [0, 0.05) is 4.47 Å². The molecule has 0 aliphatic rings. The standard InChI is InChI=1S/C14H11BrCl2O2/c1-8(18)10-6-5-9(7-11(10)15)19-13-4-2-3-12(16)14(13)17/h2-8,18H,1H3. The molecule has 0 amide bonds. The van der Waals surface area contributed by atoms with Crippen LogP contribution in [0.2, 0.25) is 10.0 Å². The number of aliphatic hydroxyl groups is 1. The van der Waals surface area contributed by atoms with E-state index in [1.54, 1.807) is 43.3 Å². The maximum atomic E-state index is 9.56. The first-order chi connectivity index (χ1) is 8.99. The Kier molecular flexibility index (Phi) is 4.74. The molecule has 0 fully saturated rings. The first-order valence-electron chi connectivity index (χ1n) is 5.58. The number of hydrogen-bond donors (Lipinski definition) is 1. The van der Waals surface area contributed by atoms with Gasteiger partial charge in [-0.3, -0.25) is 0 Å². The predicted octanol–water partition coefficient (Wildman–Crippen LogP) is 5.60. The van der Waals surface area contributed by atoms with Crippen molar-refractivity contribution in [1.29, 1.82) is 0 Å². The molecular weight excluding hydrogens is 351 g/mol. The van der Waals surface area contributed by atoms with Crippen LogP contribution in [0.3, 0.4) is 0 Å². The van der Waals surface area contributed by atoms with Gasteiger partial charge < -0.3 is 9.84 Å². The highest BCUT2D eigenvalue weighted by Gasteiger charge is 2.10. The van der Waals surface area contributed by atoms with Gasteiger partial charge in [-0.05, 0) is 36.8 Å². The predicted molar refractivity (Wildman–Crippen MR) is 81.3 cm³/mol. The average Bonchev–Trinajstić information content (AvgIpc) is 2.34. The van der Waals surface area contributed by atoms with Crippen molar-refractivity contribution < 1.29 is 9.84 Å². The van der Waals surface area contributed by atoms with Crippen molar-refractivity contribution in [1.82, 2.24) is 0 Å². The van der Waals surface area contributed by atoms with Gasteiger partial charge in [0.05, 0.1) is 11.1 Å². The second-order valence-corrected chi connectivity index (χ2v) is 5.65. The van der Waals surface area contributed by atoms with Gasteiger partial charge in [0.15, 0.2) is 0 Å². The summed E-state index contributed by atoms with van der Waals surface area (Å²) in [6.45, 7) is 1.70. The van der Waals surface area contributed by atoms with Gasteiger partial charge >= 0.3 is 0 Å². The quantitative estimate of drug-likeness (QED) is 0.770. The molecule has 2 nitrogen and oxygen atoms in total. The summed E-state index contributed by atoms with van der Waals surface area (Å²) in [4.78, 5) is 0. The summed E-state index contributed by atoms with van der Waals surface area (Å²) < 4.78 is 6.45. The minimum atomic E-state index is -0.543. The van der Waals surface area contributed by atoms with E-state index < -0.39 is 6.10 Å². The van der Waals surface area contributed by atoms with Crippen LogP contribution in [0, 0.1) is 0 Å². The van der Waals surface area contributed by atoms with Crippen LogP contribution in [0.5, 0.6) is 11.5 Å². The molecule has 0 aliphatic heterocycles. The molecule has 0 aliphatic carbocycles. The van der Waals surface area contributed by atoms with Crippen LogP contribution in [0.4, 0.5) is 0 Å². The van der Waals surface area contributed by atoms with Gasteiger partial charge in [0.25, 0.3) is 0 Å². The molecule has 1 atom stereocenters. The Bertz CT molecular complexity index is 600. The molecule has 1 N–H and O–H groups in total. The number of benzene rings is 2. The van der Waals surface area contributed by atoms with Crippen LogP contribution in [0.1, 0.15) is 18.6 Å². The van der Waals surface area contributed by atoms with E-state index in [1.807, 2.05) is 0 Å². The van der Waals surface area contributed by atoms with Crippen molar-refractivity contribution in [3.05, 3.63) is 56.5 Å². The molecular formula is C14H11BrCl2O2. The molecule has 100 valence electrons. The monoisotopic (exact) mass is 360 g/mol. The van der Waals surface area contributed by atoms with Crippen LogP contribution < -0.4 is 4.74 Å². The number of hydrogen-bond acceptors (Lipinski definition) is 2. The lowest BCUT2D eigenvalue weighted by Crippen LogP contribution is -1.93. The van der Waals surface area contributed by atoms with E-state index >= 15 is 0 Å². The number of rotatable bonds is 3. The summed E-state index contributed by atoms with van der Waals surface area (Å²) in [7, 11) is 0. The Hall–Kier alpha value is -0.740. The maximum Gasteiger partial charge on any atom is 0.147 e. The summed E-state index contributed by atoms with van der Waals surface area (Å²) in [6.07, 6.45) is -0.543. The molecule has 2 rings (SSSR count). The Morgan fingerprint density at radius 1 is 1.21 bits per heavy atom. The second-order valence-electron chi connectivity index (χ2n) is 4.01. The highest BCUT2D eigenvalue weighted by Crippen LogP contribution is 2.36. The lowest BCUT2D eigenvalue weighted by molar-refractivity contribution is 0.198. The number of aliphatic hydroxyl groups excluding tert-OH is 1. The molecule has 0 aromatic heterocycles. The molecule has 0 saturated heterocycles. The van der Waals surface area contributed by atoms with Crippen LogP contribution in [0.25, 0.3) is 0 Å². The van der Waals surface area contributed by atoms with Crippen molar-refractivity contribution in [3.8, 4) is 11.5 Å². The van der Waals surface area contributed by atoms with E-state index in [2.05, 4.69) is 15.9 Å². The number of ether oxygens (including phenoxy) is 1. The van der Waals surface area contributed by atoms with E-state index in [0.29, 0.717) is 21.5 Å². The second kappa shape index (κ2) is 6.14. The minimum absolute atomic E-state index is 0.375. The lowest BCUT2D eigenvalue weighted by Gasteiger charge is -2.12. The Labute approximate surface area is 130 Å². The van der Waals surface area contributed by atoms with Gasteiger partial charge in [0.2, 0.25) is 0 Å². The Morgan fingerprint density at radius 3 is 2.58 bits per heavy atom. The van der Waals surface area contributed by atoms with Crippen molar-refractivity contribution in [3.63, 3.8) is 0 Å². The van der Waals surface area contributed by atoms with Gasteiger partial charge in [-0.15, -0.1) is 0 Å². The zero-order valence-electron chi connectivity index (χ0n) is 10.0. The van der Waals surface area contributed by atoms with Crippen LogP contribution in [-0.2, 0) is 0 Å². The van der Waals surface area contributed by atoms with Crippen molar-refractivity contribution in [2.75, 3.05) is 0 Å². The molecule has 0 saturated carbocycles. The Morgan fingerprint density at radius 2 is 1.95 bits per heavy atom. The minimum Gasteiger partial charge on any atom is -0.456 e. The van der Waals surface area contributed by atoms with E-state index in [-0.39, 0.29) is 0 Å². The fraction of sp³-hybridized carbons (Fsp3) is 0.143. The topological polar surface area (TPSA) is 29.5 Å². The largest absolute Gasteiger partial charge is 0.456 e. The highest BCUT2D eigenvalue weighted by atomic mass is 79.9. The van der Waals surface area contributed by atoms with Gasteiger partial charge in [0.1, 0.15) is 16.5 Å². The first kappa shape index (κ1) is 14.7. The fourth-order valence-corrected chi connectivity index (χ4v) is 2.62. The third-order valence-corrected chi connectivity index (χ3v) is 4.05. The molecule has 0 radical (unpaired) electrons.